The summed E-state index contributed by atoms with van der Waals surface area (Å²) < 4.78 is 0. The number of hydrogen-bond donors (Lipinski definition) is 3. The first kappa shape index (κ1) is 25.7. The molecule has 1 saturated heterocycles. The summed E-state index contributed by atoms with van der Waals surface area (Å²) in [6.45, 7) is 6.71. The first-order chi connectivity index (χ1) is 14.7. The van der Waals surface area contributed by atoms with Crippen molar-refractivity contribution in [2.45, 2.75) is 32.7 Å². The van der Waals surface area contributed by atoms with Crippen LogP contribution in [-0.4, -0.2) is 43.9 Å². The van der Waals surface area contributed by atoms with Crippen LogP contribution in [0.1, 0.15) is 30.9 Å². The van der Waals surface area contributed by atoms with Crippen LogP contribution < -0.4 is 15.5 Å². The second kappa shape index (κ2) is 13.8. The van der Waals surface area contributed by atoms with E-state index in [-0.39, 0.29) is 24.0 Å². The van der Waals surface area contributed by atoms with Gasteiger partial charge in [0.15, 0.2) is 5.96 Å². The van der Waals surface area contributed by atoms with Crippen molar-refractivity contribution in [3.8, 4) is 0 Å². The monoisotopic (exact) mass is 556 g/mol. The molecule has 31 heavy (non-hydrogen) atoms. The Bertz CT molecular complexity index is 790. The Morgan fingerprint density at radius 3 is 2.29 bits per heavy atom. The molecule has 2 aromatic carbocycles. The molecular formula is C24H34ClIN4O. The van der Waals surface area contributed by atoms with Crippen molar-refractivity contribution in [2.75, 3.05) is 37.7 Å². The fourth-order valence-electron chi connectivity index (χ4n) is 3.67. The van der Waals surface area contributed by atoms with Gasteiger partial charge >= 0.3 is 0 Å². The zero-order valence-corrected chi connectivity index (χ0v) is 21.3. The van der Waals surface area contributed by atoms with Crippen LogP contribution in [-0.2, 0) is 13.0 Å². The van der Waals surface area contributed by atoms with Crippen LogP contribution in [0.2, 0.25) is 5.02 Å². The van der Waals surface area contributed by atoms with Crippen LogP contribution in [0.3, 0.4) is 0 Å². The summed E-state index contributed by atoms with van der Waals surface area (Å²) in [7, 11) is 0. The molecule has 7 heteroatoms. The van der Waals surface area contributed by atoms with Gasteiger partial charge in [-0.2, -0.15) is 0 Å². The average Bonchev–Trinajstić information content (AvgIpc) is 2.79. The van der Waals surface area contributed by atoms with E-state index in [4.69, 9.17) is 16.6 Å². The summed E-state index contributed by atoms with van der Waals surface area (Å²) in [6, 6.07) is 16.7. The van der Waals surface area contributed by atoms with Crippen molar-refractivity contribution >= 4 is 47.2 Å². The number of aliphatic hydroxyl groups is 1. The maximum Gasteiger partial charge on any atom is 0.191 e. The minimum atomic E-state index is 0. The lowest BCUT2D eigenvalue weighted by atomic mass is 9.97. The molecule has 1 fully saturated rings. The van der Waals surface area contributed by atoms with Crippen LogP contribution in [0.25, 0.3) is 0 Å². The van der Waals surface area contributed by atoms with Crippen LogP contribution in [0.4, 0.5) is 5.69 Å². The molecule has 0 amide bonds. The second-order valence-electron chi connectivity index (χ2n) is 7.78. The summed E-state index contributed by atoms with van der Waals surface area (Å²) in [6.07, 6.45) is 3.05. The van der Waals surface area contributed by atoms with Crippen molar-refractivity contribution in [3.63, 3.8) is 0 Å². The average molecular weight is 557 g/mol. The van der Waals surface area contributed by atoms with Gasteiger partial charge < -0.3 is 20.6 Å². The lowest BCUT2D eigenvalue weighted by Crippen LogP contribution is -2.38. The molecule has 3 rings (SSSR count). The van der Waals surface area contributed by atoms with Crippen molar-refractivity contribution < 1.29 is 5.11 Å². The molecule has 0 spiro atoms. The van der Waals surface area contributed by atoms with Crippen molar-refractivity contribution in [1.29, 1.82) is 0 Å². The van der Waals surface area contributed by atoms with E-state index in [1.165, 1.54) is 16.8 Å². The first-order valence-electron chi connectivity index (χ1n) is 10.9. The molecule has 3 N–H and O–H groups in total. The number of halogens is 2. The van der Waals surface area contributed by atoms with Crippen LogP contribution in [0, 0.1) is 5.92 Å². The van der Waals surface area contributed by atoms with E-state index in [1.807, 2.05) is 12.1 Å². The van der Waals surface area contributed by atoms with E-state index in [2.05, 4.69) is 58.9 Å². The molecule has 0 radical (unpaired) electrons. The Labute approximate surface area is 208 Å². The Kier molecular flexibility index (Phi) is 11.5. The van der Waals surface area contributed by atoms with Gasteiger partial charge in [0, 0.05) is 43.5 Å². The number of hydrogen-bond acceptors (Lipinski definition) is 3. The number of aliphatic hydroxyl groups excluding tert-OH is 1. The van der Waals surface area contributed by atoms with E-state index >= 15 is 0 Å². The molecule has 2 aromatic rings. The summed E-state index contributed by atoms with van der Waals surface area (Å²) in [5, 5.41) is 16.8. The SMILES string of the molecule is CCNC(=NCc1ccc(N2CCC(CO)CC2)cc1)NCCc1ccc(Cl)cc1.I. The highest BCUT2D eigenvalue weighted by atomic mass is 127. The van der Waals surface area contributed by atoms with Gasteiger partial charge in [-0.3, -0.25) is 0 Å². The van der Waals surface area contributed by atoms with E-state index in [9.17, 15) is 5.11 Å². The number of anilines is 1. The molecule has 1 aliphatic rings. The van der Waals surface area contributed by atoms with Gasteiger partial charge in [-0.15, -0.1) is 24.0 Å². The number of guanidine groups is 1. The fourth-order valence-corrected chi connectivity index (χ4v) is 3.80. The predicted octanol–water partition coefficient (Wildman–Crippen LogP) is 4.46. The molecule has 0 atom stereocenters. The van der Waals surface area contributed by atoms with Crippen molar-refractivity contribution in [1.82, 2.24) is 10.6 Å². The highest BCUT2D eigenvalue weighted by Gasteiger charge is 2.18. The molecule has 0 unspecified atom stereocenters. The Balaban J connectivity index is 0.00000341. The smallest absolute Gasteiger partial charge is 0.191 e. The summed E-state index contributed by atoms with van der Waals surface area (Å²) in [5.74, 6) is 1.30. The standard InChI is InChI=1S/C24H33ClN4O.HI/c1-2-26-24(27-14-11-19-3-7-22(25)8-4-19)28-17-20-5-9-23(10-6-20)29-15-12-21(18-30)13-16-29;/h3-10,21,30H,2,11-18H2,1H3,(H2,26,27,28);1H. The van der Waals surface area contributed by atoms with E-state index < -0.39 is 0 Å². The fraction of sp³-hybridized carbons (Fsp3) is 0.458. The maximum absolute atomic E-state index is 9.30. The maximum atomic E-state index is 9.30. The van der Waals surface area contributed by atoms with Crippen LogP contribution in [0.5, 0.6) is 0 Å². The minimum Gasteiger partial charge on any atom is -0.396 e. The summed E-state index contributed by atoms with van der Waals surface area (Å²) in [4.78, 5) is 7.13. The van der Waals surface area contributed by atoms with Gasteiger partial charge in [-0.05, 0) is 67.5 Å². The topological polar surface area (TPSA) is 59.9 Å². The van der Waals surface area contributed by atoms with Crippen LogP contribution in [0.15, 0.2) is 53.5 Å². The van der Waals surface area contributed by atoms with Crippen molar-refractivity contribution in [2.24, 2.45) is 10.9 Å². The van der Waals surface area contributed by atoms with Gasteiger partial charge in [0.2, 0.25) is 0 Å². The number of nitrogens with one attached hydrogen (secondary N) is 2. The molecule has 5 nitrogen and oxygen atoms in total. The lowest BCUT2D eigenvalue weighted by molar-refractivity contribution is 0.203. The number of aliphatic imine (C=N–C) groups is 1. The molecule has 0 bridgehead atoms. The van der Waals surface area contributed by atoms with E-state index in [1.54, 1.807) is 0 Å². The quantitative estimate of drug-likeness (QED) is 0.255. The Morgan fingerprint density at radius 2 is 1.68 bits per heavy atom. The highest BCUT2D eigenvalue weighted by molar-refractivity contribution is 14.0. The molecule has 170 valence electrons. The van der Waals surface area contributed by atoms with Gasteiger partial charge in [0.25, 0.3) is 0 Å². The largest absolute Gasteiger partial charge is 0.396 e. The molecule has 0 saturated carbocycles. The predicted molar refractivity (Wildman–Crippen MR) is 142 cm³/mol. The van der Waals surface area contributed by atoms with Gasteiger partial charge in [0.1, 0.15) is 0 Å². The summed E-state index contributed by atoms with van der Waals surface area (Å²) >= 11 is 5.95. The lowest BCUT2D eigenvalue weighted by Gasteiger charge is -2.32. The molecular weight excluding hydrogens is 523 g/mol. The van der Waals surface area contributed by atoms with Gasteiger partial charge in [-0.25, -0.2) is 4.99 Å². The number of benzene rings is 2. The molecule has 0 aromatic heterocycles. The third-order valence-electron chi connectivity index (χ3n) is 5.56. The zero-order chi connectivity index (χ0) is 21.2. The normalized spacial score (nSPS) is 14.8. The molecule has 1 aliphatic heterocycles. The zero-order valence-electron chi connectivity index (χ0n) is 18.2. The minimum absolute atomic E-state index is 0. The number of nitrogens with zero attached hydrogens (tertiary/aromatic N) is 2. The van der Waals surface area contributed by atoms with E-state index in [0.717, 1.165) is 56.4 Å². The van der Waals surface area contributed by atoms with Crippen molar-refractivity contribution in [3.05, 3.63) is 64.7 Å². The van der Waals surface area contributed by atoms with E-state index in [0.29, 0.717) is 19.1 Å². The Hall–Kier alpha value is -1.51. The second-order valence-corrected chi connectivity index (χ2v) is 8.21. The molecule has 0 aliphatic carbocycles. The summed E-state index contributed by atoms with van der Waals surface area (Å²) in [5.41, 5.74) is 3.70. The van der Waals surface area contributed by atoms with Crippen LogP contribution >= 0.6 is 35.6 Å². The number of piperidine rings is 1. The third-order valence-corrected chi connectivity index (χ3v) is 5.81. The first-order valence-corrected chi connectivity index (χ1v) is 11.3. The number of rotatable bonds is 8. The highest BCUT2D eigenvalue weighted by Crippen LogP contribution is 2.23. The van der Waals surface area contributed by atoms with Gasteiger partial charge in [0.05, 0.1) is 6.54 Å². The molecule has 1 heterocycles. The Morgan fingerprint density at radius 1 is 1.03 bits per heavy atom. The third kappa shape index (κ3) is 8.50. The van der Waals surface area contributed by atoms with Gasteiger partial charge in [-0.1, -0.05) is 35.9 Å².